The van der Waals surface area contributed by atoms with Crippen molar-refractivity contribution in [2.24, 2.45) is 0 Å². The summed E-state index contributed by atoms with van der Waals surface area (Å²) >= 11 is 0. The van der Waals surface area contributed by atoms with Gasteiger partial charge < -0.3 is 20.1 Å². The summed E-state index contributed by atoms with van der Waals surface area (Å²) in [5, 5.41) is 5.73. The average molecular weight is 338 g/mol. The smallest absolute Gasteiger partial charge is 0.251 e. The van der Waals surface area contributed by atoms with E-state index in [0.717, 1.165) is 22.6 Å². The van der Waals surface area contributed by atoms with E-state index in [1.54, 1.807) is 12.1 Å². The molecule has 0 aromatic heterocycles. The van der Waals surface area contributed by atoms with Gasteiger partial charge in [0.15, 0.2) is 11.5 Å². The van der Waals surface area contributed by atoms with Crippen LogP contribution < -0.4 is 20.1 Å². The first-order chi connectivity index (χ1) is 12.2. The molecule has 2 aromatic rings. The second-order valence-electron chi connectivity index (χ2n) is 6.08. The number of hydrogen-bond donors (Lipinski definition) is 2. The summed E-state index contributed by atoms with van der Waals surface area (Å²) in [5.74, 6) is 1.32. The van der Waals surface area contributed by atoms with E-state index in [1.165, 1.54) is 0 Å². The Labute approximate surface area is 145 Å². The number of aryl methyl sites for hydroxylation is 1. The first kappa shape index (κ1) is 15.5. The summed E-state index contributed by atoms with van der Waals surface area (Å²) in [6, 6.07) is 11.0. The van der Waals surface area contributed by atoms with Gasteiger partial charge in [0.25, 0.3) is 5.91 Å². The maximum absolute atomic E-state index is 12.4. The van der Waals surface area contributed by atoms with E-state index >= 15 is 0 Å². The Bertz CT molecular complexity index is 847. The molecule has 4 rings (SSSR count). The minimum Gasteiger partial charge on any atom is -0.486 e. The lowest BCUT2D eigenvalue weighted by Crippen LogP contribution is -2.24. The summed E-state index contributed by atoms with van der Waals surface area (Å²) in [6.07, 6.45) is 1.11. The van der Waals surface area contributed by atoms with Gasteiger partial charge in [-0.3, -0.25) is 9.59 Å². The van der Waals surface area contributed by atoms with E-state index in [1.807, 2.05) is 24.3 Å². The van der Waals surface area contributed by atoms with Crippen molar-refractivity contribution in [3.8, 4) is 11.5 Å². The highest BCUT2D eigenvalue weighted by molar-refractivity contribution is 5.97. The molecule has 6 heteroatoms. The van der Waals surface area contributed by atoms with Gasteiger partial charge in [0.05, 0.1) is 0 Å². The topological polar surface area (TPSA) is 76.7 Å². The highest BCUT2D eigenvalue weighted by Gasteiger charge is 2.17. The van der Waals surface area contributed by atoms with E-state index in [-0.39, 0.29) is 11.8 Å². The predicted molar refractivity (Wildman–Crippen MR) is 92.0 cm³/mol. The first-order valence-corrected chi connectivity index (χ1v) is 8.28. The van der Waals surface area contributed by atoms with Crippen molar-refractivity contribution in [3.05, 3.63) is 53.1 Å². The normalized spacial score (nSPS) is 15.1. The lowest BCUT2D eigenvalue weighted by molar-refractivity contribution is -0.116. The fourth-order valence-corrected chi connectivity index (χ4v) is 3.01. The van der Waals surface area contributed by atoms with Crippen LogP contribution in [0.3, 0.4) is 0 Å². The molecule has 0 spiro atoms. The van der Waals surface area contributed by atoms with Crippen molar-refractivity contribution < 1.29 is 19.1 Å². The van der Waals surface area contributed by atoms with Crippen LogP contribution in [0.2, 0.25) is 0 Å². The number of rotatable bonds is 3. The SMILES string of the molecule is O=C1CCc2cc(C(=O)NCc3ccc4c(c3)OCCO4)ccc2N1. The molecule has 0 aliphatic carbocycles. The molecule has 2 aliphatic heterocycles. The number of anilines is 1. The van der Waals surface area contributed by atoms with Gasteiger partial charge in [0, 0.05) is 24.2 Å². The number of amides is 2. The van der Waals surface area contributed by atoms with Gasteiger partial charge in [-0.2, -0.15) is 0 Å². The second kappa shape index (κ2) is 6.47. The number of ether oxygens (including phenoxy) is 2. The molecule has 25 heavy (non-hydrogen) atoms. The molecule has 0 saturated heterocycles. The van der Waals surface area contributed by atoms with E-state index < -0.39 is 0 Å². The Kier molecular flexibility index (Phi) is 4.01. The van der Waals surface area contributed by atoms with Crippen LogP contribution in [0.5, 0.6) is 11.5 Å². The van der Waals surface area contributed by atoms with Gasteiger partial charge in [0.1, 0.15) is 13.2 Å². The van der Waals surface area contributed by atoms with Gasteiger partial charge in [0.2, 0.25) is 5.91 Å². The van der Waals surface area contributed by atoms with Crippen molar-refractivity contribution >= 4 is 17.5 Å². The molecule has 2 heterocycles. The standard InChI is InChI=1S/C19H18N2O4/c22-18-6-3-13-10-14(2-4-15(13)21-18)19(23)20-11-12-1-5-16-17(9-12)25-8-7-24-16/h1-2,4-5,9-10H,3,6-8,11H2,(H,20,23)(H,21,22). The number of hydrogen-bond acceptors (Lipinski definition) is 4. The van der Waals surface area contributed by atoms with E-state index in [2.05, 4.69) is 10.6 Å². The molecule has 128 valence electrons. The largest absolute Gasteiger partial charge is 0.486 e. The van der Waals surface area contributed by atoms with Crippen LogP contribution >= 0.6 is 0 Å². The lowest BCUT2D eigenvalue weighted by atomic mass is 10.00. The van der Waals surface area contributed by atoms with Crippen molar-refractivity contribution in [1.29, 1.82) is 0 Å². The van der Waals surface area contributed by atoms with E-state index in [4.69, 9.17) is 9.47 Å². The van der Waals surface area contributed by atoms with Crippen LogP contribution in [0.4, 0.5) is 5.69 Å². The highest BCUT2D eigenvalue weighted by atomic mass is 16.6. The Morgan fingerprint density at radius 3 is 2.76 bits per heavy atom. The lowest BCUT2D eigenvalue weighted by Gasteiger charge is -2.19. The van der Waals surface area contributed by atoms with Crippen LogP contribution in [-0.4, -0.2) is 25.0 Å². The zero-order chi connectivity index (χ0) is 17.2. The molecule has 0 bridgehead atoms. The van der Waals surface area contributed by atoms with Gasteiger partial charge >= 0.3 is 0 Å². The first-order valence-electron chi connectivity index (χ1n) is 8.28. The molecule has 2 aliphatic rings. The number of benzene rings is 2. The highest BCUT2D eigenvalue weighted by Crippen LogP contribution is 2.30. The zero-order valence-corrected chi connectivity index (χ0v) is 13.6. The Balaban J connectivity index is 1.43. The van der Waals surface area contributed by atoms with Crippen molar-refractivity contribution in [3.63, 3.8) is 0 Å². The zero-order valence-electron chi connectivity index (χ0n) is 13.6. The third-order valence-corrected chi connectivity index (χ3v) is 4.32. The summed E-state index contributed by atoms with van der Waals surface area (Å²) in [6.45, 7) is 1.50. The molecule has 0 radical (unpaired) electrons. The van der Waals surface area contributed by atoms with Crippen LogP contribution in [0.15, 0.2) is 36.4 Å². The van der Waals surface area contributed by atoms with E-state index in [0.29, 0.717) is 43.9 Å². The summed E-state index contributed by atoms with van der Waals surface area (Å²) in [7, 11) is 0. The number of nitrogens with one attached hydrogen (secondary N) is 2. The van der Waals surface area contributed by atoms with Crippen LogP contribution in [-0.2, 0) is 17.8 Å². The van der Waals surface area contributed by atoms with Crippen molar-refractivity contribution in [2.75, 3.05) is 18.5 Å². The molecule has 0 fully saturated rings. The molecule has 2 N–H and O–H groups in total. The van der Waals surface area contributed by atoms with Crippen LogP contribution in [0.25, 0.3) is 0 Å². The van der Waals surface area contributed by atoms with Gasteiger partial charge in [-0.1, -0.05) is 6.07 Å². The third kappa shape index (κ3) is 3.28. The van der Waals surface area contributed by atoms with Crippen molar-refractivity contribution in [1.82, 2.24) is 5.32 Å². The molecule has 2 aromatic carbocycles. The maximum atomic E-state index is 12.4. The summed E-state index contributed by atoms with van der Waals surface area (Å²) in [4.78, 5) is 23.8. The van der Waals surface area contributed by atoms with Crippen LogP contribution in [0, 0.1) is 0 Å². The summed E-state index contributed by atoms with van der Waals surface area (Å²) < 4.78 is 11.0. The quantitative estimate of drug-likeness (QED) is 0.900. The minimum atomic E-state index is -0.144. The summed E-state index contributed by atoms with van der Waals surface area (Å²) in [5.41, 5.74) is 3.32. The van der Waals surface area contributed by atoms with Gasteiger partial charge in [-0.15, -0.1) is 0 Å². The van der Waals surface area contributed by atoms with Crippen molar-refractivity contribution in [2.45, 2.75) is 19.4 Å². The predicted octanol–water partition coefficient (Wildman–Crippen LogP) is 2.27. The van der Waals surface area contributed by atoms with Gasteiger partial charge in [-0.05, 0) is 47.9 Å². The number of carbonyl (C=O) groups is 2. The second-order valence-corrected chi connectivity index (χ2v) is 6.08. The fraction of sp³-hybridized carbons (Fsp3) is 0.263. The number of fused-ring (bicyclic) bond motifs is 2. The molecular weight excluding hydrogens is 320 g/mol. The molecule has 6 nitrogen and oxygen atoms in total. The van der Waals surface area contributed by atoms with Gasteiger partial charge in [-0.25, -0.2) is 0 Å². The molecule has 2 amide bonds. The van der Waals surface area contributed by atoms with Crippen LogP contribution in [0.1, 0.15) is 27.9 Å². The number of carbonyl (C=O) groups excluding carboxylic acids is 2. The Morgan fingerprint density at radius 1 is 1.04 bits per heavy atom. The van der Waals surface area contributed by atoms with E-state index in [9.17, 15) is 9.59 Å². The minimum absolute atomic E-state index is 0.0170. The average Bonchev–Trinajstić information content (AvgIpc) is 2.65. The third-order valence-electron chi connectivity index (χ3n) is 4.32. The fourth-order valence-electron chi connectivity index (χ4n) is 3.01. The molecule has 0 unspecified atom stereocenters. The Morgan fingerprint density at radius 2 is 1.88 bits per heavy atom. The molecule has 0 atom stereocenters. The monoisotopic (exact) mass is 338 g/mol. The maximum Gasteiger partial charge on any atom is 0.251 e. The molecular formula is C19H18N2O4. The molecule has 0 saturated carbocycles. The Hall–Kier alpha value is -3.02.